The highest BCUT2D eigenvalue weighted by atomic mass is 32.2. The summed E-state index contributed by atoms with van der Waals surface area (Å²) in [5.74, 6) is 1.10. The van der Waals surface area contributed by atoms with Gasteiger partial charge in [-0.1, -0.05) is 0 Å². The maximum Gasteiger partial charge on any atom is 0.187 e. The Kier molecular flexibility index (Phi) is 3.54. The lowest BCUT2D eigenvalue weighted by Crippen LogP contribution is -2.37. The number of fused-ring (bicyclic) bond motifs is 1. The maximum atomic E-state index is 11.8. The van der Waals surface area contributed by atoms with Crippen molar-refractivity contribution in [2.75, 3.05) is 34.4 Å². The number of sulfone groups is 1. The Balaban J connectivity index is 1.59. The molecule has 4 rings (SSSR count). The fraction of sp³-hybridized carbons (Fsp3) is 0.692. The molecule has 0 saturated carbocycles. The Morgan fingerprint density at radius 2 is 2.05 bits per heavy atom. The summed E-state index contributed by atoms with van der Waals surface area (Å²) in [4.78, 5) is 8.93. The molecular formula is C13H18N4O2S3. The van der Waals surface area contributed by atoms with Crippen LogP contribution in [-0.4, -0.2) is 55.2 Å². The standard InChI is InChI=1S/C13H18N4O2S3/c18-22(19)7-9-10(8-22)17(12(20)14-9)11-6-21-13(15-11)16-4-2-1-3-5-16/h6,9-10H,1-5,7-8H2,(H,14,20). The van der Waals surface area contributed by atoms with Gasteiger partial charge in [0.15, 0.2) is 20.1 Å². The van der Waals surface area contributed by atoms with Crippen molar-refractivity contribution in [1.82, 2.24) is 10.3 Å². The summed E-state index contributed by atoms with van der Waals surface area (Å²) in [5, 5.41) is 6.74. The Bertz CT molecular complexity index is 696. The molecule has 6 nitrogen and oxygen atoms in total. The summed E-state index contributed by atoms with van der Waals surface area (Å²) in [7, 11) is -2.98. The minimum absolute atomic E-state index is 0.0994. The average molecular weight is 359 g/mol. The fourth-order valence-corrected chi connectivity index (χ4v) is 6.60. The van der Waals surface area contributed by atoms with Crippen molar-refractivity contribution < 1.29 is 8.42 Å². The van der Waals surface area contributed by atoms with Crippen molar-refractivity contribution in [2.24, 2.45) is 0 Å². The van der Waals surface area contributed by atoms with Crippen LogP contribution in [0.15, 0.2) is 5.38 Å². The number of aromatic nitrogens is 1. The normalized spacial score (nSPS) is 30.5. The third kappa shape index (κ3) is 2.48. The molecule has 2 atom stereocenters. The van der Waals surface area contributed by atoms with E-state index in [2.05, 4.69) is 10.2 Å². The lowest BCUT2D eigenvalue weighted by Gasteiger charge is -2.26. The van der Waals surface area contributed by atoms with Crippen LogP contribution in [0.5, 0.6) is 0 Å². The van der Waals surface area contributed by atoms with Gasteiger partial charge in [0.25, 0.3) is 0 Å². The second-order valence-corrected chi connectivity index (χ2v) is 9.48. The van der Waals surface area contributed by atoms with Crippen molar-refractivity contribution in [3.63, 3.8) is 0 Å². The smallest absolute Gasteiger partial charge is 0.187 e. The molecule has 0 spiro atoms. The molecule has 120 valence electrons. The number of nitrogens with zero attached hydrogens (tertiary/aromatic N) is 3. The third-order valence-electron chi connectivity index (χ3n) is 4.54. The second kappa shape index (κ2) is 5.31. The van der Waals surface area contributed by atoms with Gasteiger partial charge in [0.1, 0.15) is 5.82 Å². The number of nitrogens with one attached hydrogen (secondary N) is 1. The van der Waals surface area contributed by atoms with Gasteiger partial charge in [-0.25, -0.2) is 13.4 Å². The first kappa shape index (κ1) is 14.6. The molecule has 0 amide bonds. The van der Waals surface area contributed by atoms with Gasteiger partial charge in [-0.2, -0.15) is 0 Å². The molecule has 0 bridgehead atoms. The van der Waals surface area contributed by atoms with Crippen LogP contribution < -0.4 is 15.1 Å². The van der Waals surface area contributed by atoms with E-state index < -0.39 is 9.84 Å². The monoisotopic (exact) mass is 358 g/mol. The van der Waals surface area contributed by atoms with Crippen LogP contribution in [0.3, 0.4) is 0 Å². The molecule has 4 heterocycles. The quantitative estimate of drug-likeness (QED) is 0.791. The summed E-state index contributed by atoms with van der Waals surface area (Å²) in [5.41, 5.74) is 0. The predicted octanol–water partition coefficient (Wildman–Crippen LogP) is 0.993. The van der Waals surface area contributed by atoms with Gasteiger partial charge >= 0.3 is 0 Å². The van der Waals surface area contributed by atoms with Crippen molar-refractivity contribution in [2.45, 2.75) is 31.3 Å². The molecular weight excluding hydrogens is 340 g/mol. The number of thiocarbonyl (C=S) groups is 1. The summed E-state index contributed by atoms with van der Waals surface area (Å²) >= 11 is 7.00. The van der Waals surface area contributed by atoms with E-state index in [1.807, 2.05) is 10.3 Å². The summed E-state index contributed by atoms with van der Waals surface area (Å²) in [6.45, 7) is 2.10. The first-order valence-corrected chi connectivity index (χ1v) is 10.6. The molecule has 0 aromatic carbocycles. The lowest BCUT2D eigenvalue weighted by atomic mass is 10.1. The van der Waals surface area contributed by atoms with Gasteiger partial charge in [0.2, 0.25) is 0 Å². The van der Waals surface area contributed by atoms with E-state index in [0.717, 1.165) is 24.0 Å². The zero-order chi connectivity index (χ0) is 15.3. The SMILES string of the molecule is O=S1(=O)CC2NC(=S)N(c3csc(N4CCCCC4)n3)C2C1. The molecule has 3 aliphatic rings. The van der Waals surface area contributed by atoms with E-state index in [1.165, 1.54) is 19.3 Å². The van der Waals surface area contributed by atoms with Gasteiger partial charge in [-0.05, 0) is 31.5 Å². The number of hydrogen-bond acceptors (Lipinski definition) is 6. The number of anilines is 2. The Morgan fingerprint density at radius 3 is 2.82 bits per heavy atom. The second-order valence-electron chi connectivity index (χ2n) is 6.11. The van der Waals surface area contributed by atoms with E-state index >= 15 is 0 Å². The van der Waals surface area contributed by atoms with Crippen molar-refractivity contribution in [3.05, 3.63) is 5.38 Å². The Labute approximate surface area is 139 Å². The summed E-state index contributed by atoms with van der Waals surface area (Å²) < 4.78 is 23.7. The molecule has 1 aromatic heterocycles. The van der Waals surface area contributed by atoms with Crippen molar-refractivity contribution in [3.8, 4) is 0 Å². The summed E-state index contributed by atoms with van der Waals surface area (Å²) in [6, 6.07) is -0.216. The number of piperidine rings is 1. The summed E-state index contributed by atoms with van der Waals surface area (Å²) in [6.07, 6.45) is 3.71. The number of rotatable bonds is 2. The highest BCUT2D eigenvalue weighted by Gasteiger charge is 2.48. The van der Waals surface area contributed by atoms with Gasteiger partial charge in [0.05, 0.1) is 23.6 Å². The van der Waals surface area contributed by atoms with Gasteiger partial charge in [0, 0.05) is 18.5 Å². The van der Waals surface area contributed by atoms with Crippen LogP contribution in [0.1, 0.15) is 19.3 Å². The molecule has 0 radical (unpaired) electrons. The maximum absolute atomic E-state index is 11.8. The molecule has 3 fully saturated rings. The minimum atomic E-state index is -2.98. The van der Waals surface area contributed by atoms with Gasteiger partial charge in [-0.3, -0.25) is 4.90 Å². The van der Waals surface area contributed by atoms with Crippen molar-refractivity contribution in [1.29, 1.82) is 0 Å². The van der Waals surface area contributed by atoms with Gasteiger partial charge in [-0.15, -0.1) is 11.3 Å². The van der Waals surface area contributed by atoms with Crippen LogP contribution >= 0.6 is 23.6 Å². The topological polar surface area (TPSA) is 65.5 Å². The minimum Gasteiger partial charge on any atom is -0.356 e. The van der Waals surface area contributed by atoms with Crippen LogP contribution in [0, 0.1) is 0 Å². The molecule has 9 heteroatoms. The molecule has 0 aliphatic carbocycles. The highest BCUT2D eigenvalue weighted by molar-refractivity contribution is 7.91. The molecule has 1 N–H and O–H groups in total. The zero-order valence-electron chi connectivity index (χ0n) is 12.1. The zero-order valence-corrected chi connectivity index (χ0v) is 14.5. The average Bonchev–Trinajstić information content (AvgIpc) is 3.12. The van der Waals surface area contributed by atoms with Crippen LogP contribution in [0.2, 0.25) is 0 Å². The third-order valence-corrected chi connectivity index (χ3v) is 7.46. The Hall–Kier alpha value is -0.930. The van der Waals surface area contributed by atoms with Gasteiger partial charge < -0.3 is 10.2 Å². The van der Waals surface area contributed by atoms with Crippen LogP contribution in [0.4, 0.5) is 10.9 Å². The van der Waals surface area contributed by atoms with Crippen molar-refractivity contribution >= 4 is 49.5 Å². The molecule has 3 aliphatic heterocycles. The predicted molar refractivity (Wildman–Crippen MR) is 92.6 cm³/mol. The highest BCUT2D eigenvalue weighted by Crippen LogP contribution is 2.33. The first-order chi connectivity index (χ1) is 10.5. The van der Waals surface area contributed by atoms with E-state index in [4.69, 9.17) is 17.2 Å². The van der Waals surface area contributed by atoms with E-state index in [0.29, 0.717) is 5.11 Å². The lowest BCUT2D eigenvalue weighted by molar-refractivity contribution is 0.576. The van der Waals surface area contributed by atoms with E-state index in [1.54, 1.807) is 11.3 Å². The largest absolute Gasteiger partial charge is 0.356 e. The number of thiazole rings is 1. The Morgan fingerprint density at radius 1 is 1.27 bits per heavy atom. The molecule has 1 aromatic rings. The number of hydrogen-bond donors (Lipinski definition) is 1. The van der Waals surface area contributed by atoms with E-state index in [9.17, 15) is 8.42 Å². The molecule has 3 saturated heterocycles. The molecule has 2 unspecified atom stereocenters. The van der Waals surface area contributed by atoms with Crippen LogP contribution in [0.25, 0.3) is 0 Å². The molecule has 22 heavy (non-hydrogen) atoms. The van der Waals surface area contributed by atoms with E-state index in [-0.39, 0.29) is 23.6 Å². The first-order valence-electron chi connectivity index (χ1n) is 7.54. The van der Waals surface area contributed by atoms with Crippen LogP contribution in [-0.2, 0) is 9.84 Å². The fourth-order valence-electron chi connectivity index (χ4n) is 3.47.